The van der Waals surface area contributed by atoms with Gasteiger partial charge in [0.2, 0.25) is 0 Å². The van der Waals surface area contributed by atoms with Crippen LogP contribution in [0.3, 0.4) is 0 Å². The van der Waals surface area contributed by atoms with Crippen LogP contribution in [0.15, 0.2) is 0 Å². The van der Waals surface area contributed by atoms with Crippen LogP contribution in [0.5, 0.6) is 0 Å². The van der Waals surface area contributed by atoms with E-state index >= 15 is 0 Å². The molecular formula is C8H21ClN2O. The molecule has 1 aliphatic rings. The summed E-state index contributed by atoms with van der Waals surface area (Å²) in [5, 5.41) is 0. The van der Waals surface area contributed by atoms with E-state index in [2.05, 4.69) is 18.7 Å². The summed E-state index contributed by atoms with van der Waals surface area (Å²) < 4.78 is 5.36. The highest BCUT2D eigenvalue weighted by molar-refractivity contribution is 5.85. The van der Waals surface area contributed by atoms with E-state index in [1.807, 2.05) is 0 Å². The maximum absolute atomic E-state index is 5.36. The summed E-state index contributed by atoms with van der Waals surface area (Å²) in [6.07, 6.45) is 1.22. The Morgan fingerprint density at radius 2 is 2.08 bits per heavy atom. The topological polar surface area (TPSA) is 47.5 Å². The molecule has 0 aliphatic carbocycles. The molecule has 0 radical (unpaired) electrons. The van der Waals surface area contributed by atoms with Crippen LogP contribution in [0.2, 0.25) is 0 Å². The predicted molar refractivity (Wildman–Crippen MR) is 54.4 cm³/mol. The monoisotopic (exact) mass is 196 g/mol. The van der Waals surface area contributed by atoms with Gasteiger partial charge < -0.3 is 10.9 Å². The normalized spacial score (nSPS) is 24.0. The van der Waals surface area contributed by atoms with Gasteiger partial charge in [0, 0.05) is 12.6 Å². The average molecular weight is 197 g/mol. The van der Waals surface area contributed by atoms with E-state index in [4.69, 9.17) is 4.74 Å². The number of likely N-dealkylation sites (N-methyl/N-ethyl adjacent to an activating group) is 1. The van der Waals surface area contributed by atoms with E-state index in [9.17, 15) is 0 Å². The lowest BCUT2D eigenvalue weighted by Gasteiger charge is -2.33. The second kappa shape index (κ2) is 7.80. The number of hydrogen-bond donors (Lipinski definition) is 1. The molecule has 1 heterocycles. The fourth-order valence-electron chi connectivity index (χ4n) is 1.48. The second-order valence-corrected chi connectivity index (χ2v) is 2.77. The van der Waals surface area contributed by atoms with Crippen LogP contribution >= 0.6 is 12.4 Å². The molecule has 0 aromatic rings. The van der Waals surface area contributed by atoms with Gasteiger partial charge in [-0.25, -0.2) is 0 Å². The summed E-state index contributed by atoms with van der Waals surface area (Å²) in [5.41, 5.74) is 0. The Kier molecular flexibility index (Phi) is 9.54. The summed E-state index contributed by atoms with van der Waals surface area (Å²) in [6, 6.07) is 0.679. The maximum atomic E-state index is 5.36. The summed E-state index contributed by atoms with van der Waals surface area (Å²) in [7, 11) is 0. The molecular weight excluding hydrogens is 176 g/mol. The number of nitrogens with zero attached hydrogens (tertiary/aromatic N) is 1. The number of morpholine rings is 1. The Hall–Kier alpha value is 0.170. The lowest BCUT2D eigenvalue weighted by Crippen LogP contribution is -2.44. The molecule has 0 spiro atoms. The van der Waals surface area contributed by atoms with E-state index in [1.165, 1.54) is 13.0 Å². The first-order chi connectivity index (χ1) is 4.88. The van der Waals surface area contributed by atoms with E-state index < -0.39 is 0 Å². The Morgan fingerprint density at radius 3 is 2.50 bits per heavy atom. The molecule has 1 saturated heterocycles. The first kappa shape index (κ1) is 14.7. The largest absolute Gasteiger partial charge is 0.378 e. The third-order valence-corrected chi connectivity index (χ3v) is 2.23. The molecule has 1 aliphatic heterocycles. The minimum Gasteiger partial charge on any atom is -0.378 e. The van der Waals surface area contributed by atoms with Gasteiger partial charge in [-0.2, -0.15) is 0 Å². The van der Waals surface area contributed by atoms with Crippen LogP contribution < -0.4 is 6.15 Å². The van der Waals surface area contributed by atoms with Gasteiger partial charge in [0.05, 0.1) is 13.2 Å². The molecule has 0 aromatic heterocycles. The fourth-order valence-corrected chi connectivity index (χ4v) is 1.48. The zero-order valence-electron chi connectivity index (χ0n) is 8.08. The zero-order chi connectivity index (χ0) is 7.40. The molecule has 4 heteroatoms. The minimum atomic E-state index is 0. The summed E-state index contributed by atoms with van der Waals surface area (Å²) in [5.74, 6) is 0. The lowest BCUT2D eigenvalue weighted by molar-refractivity contribution is -0.00586. The van der Waals surface area contributed by atoms with E-state index in [-0.39, 0.29) is 18.6 Å². The minimum absolute atomic E-state index is 0. The van der Waals surface area contributed by atoms with Crippen molar-refractivity contribution >= 4 is 12.4 Å². The molecule has 12 heavy (non-hydrogen) atoms. The Labute approximate surface area is 81.5 Å². The lowest BCUT2D eigenvalue weighted by atomic mass is 10.2. The first-order valence-electron chi connectivity index (χ1n) is 4.20. The van der Waals surface area contributed by atoms with Crippen molar-refractivity contribution in [2.24, 2.45) is 0 Å². The van der Waals surface area contributed by atoms with Crippen LogP contribution in [-0.2, 0) is 4.74 Å². The molecule has 3 nitrogen and oxygen atoms in total. The van der Waals surface area contributed by atoms with Crippen molar-refractivity contribution in [3.63, 3.8) is 0 Å². The van der Waals surface area contributed by atoms with Gasteiger partial charge >= 0.3 is 0 Å². The van der Waals surface area contributed by atoms with Gasteiger partial charge in [-0.1, -0.05) is 13.8 Å². The third-order valence-electron chi connectivity index (χ3n) is 2.23. The number of ether oxygens (including phenoxy) is 1. The van der Waals surface area contributed by atoms with Crippen molar-refractivity contribution in [1.29, 1.82) is 0 Å². The SMILES string of the molecule is CCC1COCCN1CC.Cl.N. The highest BCUT2D eigenvalue weighted by atomic mass is 35.5. The van der Waals surface area contributed by atoms with Gasteiger partial charge in [0.25, 0.3) is 0 Å². The van der Waals surface area contributed by atoms with Gasteiger partial charge in [0.1, 0.15) is 0 Å². The van der Waals surface area contributed by atoms with Crippen LogP contribution in [0.25, 0.3) is 0 Å². The number of halogens is 1. The molecule has 76 valence electrons. The highest BCUT2D eigenvalue weighted by Gasteiger charge is 2.18. The molecule has 0 bridgehead atoms. The fraction of sp³-hybridized carbons (Fsp3) is 1.00. The molecule has 0 aromatic carbocycles. The predicted octanol–water partition coefficient (Wildman–Crippen LogP) is 1.70. The standard InChI is InChI=1S/C8H17NO.ClH.H3N/c1-3-8-7-10-6-5-9(8)4-2;;/h8H,3-7H2,1-2H3;1H;1H3. The summed E-state index contributed by atoms with van der Waals surface area (Å²) >= 11 is 0. The average Bonchev–Trinajstić information content (AvgIpc) is 2.04. The van der Waals surface area contributed by atoms with Gasteiger partial charge in [-0.15, -0.1) is 12.4 Å². The van der Waals surface area contributed by atoms with Gasteiger partial charge in [-0.3, -0.25) is 4.90 Å². The molecule has 3 N–H and O–H groups in total. The van der Waals surface area contributed by atoms with Gasteiger partial charge in [0.15, 0.2) is 0 Å². The van der Waals surface area contributed by atoms with E-state index in [1.54, 1.807) is 0 Å². The van der Waals surface area contributed by atoms with E-state index in [0.717, 1.165) is 19.8 Å². The molecule has 1 atom stereocenters. The van der Waals surface area contributed by atoms with E-state index in [0.29, 0.717) is 6.04 Å². The Bertz CT molecular complexity index is 91.1. The van der Waals surface area contributed by atoms with Crippen molar-refractivity contribution in [1.82, 2.24) is 11.1 Å². The maximum Gasteiger partial charge on any atom is 0.0622 e. The molecule has 0 saturated carbocycles. The number of hydrogen-bond acceptors (Lipinski definition) is 3. The smallest absolute Gasteiger partial charge is 0.0622 e. The summed E-state index contributed by atoms with van der Waals surface area (Å²) in [4.78, 5) is 2.49. The van der Waals surface area contributed by atoms with Crippen molar-refractivity contribution in [3.05, 3.63) is 0 Å². The van der Waals surface area contributed by atoms with Crippen molar-refractivity contribution in [3.8, 4) is 0 Å². The first-order valence-corrected chi connectivity index (χ1v) is 4.20. The van der Waals surface area contributed by atoms with Crippen LogP contribution in [0, 0.1) is 0 Å². The van der Waals surface area contributed by atoms with Crippen LogP contribution in [0.1, 0.15) is 20.3 Å². The van der Waals surface area contributed by atoms with Crippen LogP contribution in [0.4, 0.5) is 0 Å². The third kappa shape index (κ3) is 3.72. The summed E-state index contributed by atoms with van der Waals surface area (Å²) in [6.45, 7) is 8.58. The highest BCUT2D eigenvalue weighted by Crippen LogP contribution is 2.08. The van der Waals surface area contributed by atoms with Crippen LogP contribution in [-0.4, -0.2) is 37.2 Å². The quantitative estimate of drug-likeness (QED) is 0.732. The number of rotatable bonds is 2. The Balaban J connectivity index is 0. The molecule has 1 fully saturated rings. The van der Waals surface area contributed by atoms with Crippen molar-refractivity contribution in [2.75, 3.05) is 26.3 Å². The molecule has 1 unspecified atom stereocenters. The Morgan fingerprint density at radius 1 is 1.42 bits per heavy atom. The van der Waals surface area contributed by atoms with Crippen molar-refractivity contribution in [2.45, 2.75) is 26.3 Å². The zero-order valence-corrected chi connectivity index (χ0v) is 8.90. The van der Waals surface area contributed by atoms with Crippen molar-refractivity contribution < 1.29 is 4.74 Å². The second-order valence-electron chi connectivity index (χ2n) is 2.77. The molecule has 0 amide bonds. The van der Waals surface area contributed by atoms with Gasteiger partial charge in [-0.05, 0) is 13.0 Å². The molecule has 1 rings (SSSR count).